The summed E-state index contributed by atoms with van der Waals surface area (Å²) < 4.78 is 0. The predicted octanol–water partition coefficient (Wildman–Crippen LogP) is 1.28. The van der Waals surface area contributed by atoms with Crippen LogP contribution in [0.15, 0.2) is 30.5 Å². The molecule has 1 aromatic carbocycles. The summed E-state index contributed by atoms with van der Waals surface area (Å²) >= 11 is 0. The van der Waals surface area contributed by atoms with Crippen molar-refractivity contribution in [1.82, 2.24) is 0 Å². The van der Waals surface area contributed by atoms with Crippen LogP contribution >= 0.6 is 0 Å². The van der Waals surface area contributed by atoms with Crippen LogP contribution in [-0.2, 0) is 0 Å². The second-order valence-corrected chi connectivity index (χ2v) is 2.91. The van der Waals surface area contributed by atoms with Crippen molar-refractivity contribution >= 4 is 22.3 Å². The summed E-state index contributed by atoms with van der Waals surface area (Å²) in [7, 11) is 1.89. The van der Waals surface area contributed by atoms with E-state index < -0.39 is 0 Å². The van der Waals surface area contributed by atoms with Crippen molar-refractivity contribution < 1.29 is 4.98 Å². The van der Waals surface area contributed by atoms with Gasteiger partial charge >= 0.3 is 0 Å². The van der Waals surface area contributed by atoms with Crippen LogP contribution < -0.4 is 16.0 Å². The molecular formula is C10H12N3+. The second-order valence-electron chi connectivity index (χ2n) is 2.91. The van der Waals surface area contributed by atoms with Gasteiger partial charge in [0.25, 0.3) is 5.82 Å². The number of H-pyrrole nitrogens is 1. The van der Waals surface area contributed by atoms with Gasteiger partial charge in [0.15, 0.2) is 0 Å². The van der Waals surface area contributed by atoms with E-state index in [1.165, 1.54) is 0 Å². The fourth-order valence-corrected chi connectivity index (χ4v) is 1.47. The molecule has 0 saturated carbocycles. The normalized spacial score (nSPS) is 10.2. The Balaban J connectivity index is 2.84. The molecule has 0 saturated heterocycles. The molecule has 66 valence electrons. The molecule has 1 heterocycles. The fourth-order valence-electron chi connectivity index (χ4n) is 1.47. The van der Waals surface area contributed by atoms with Crippen LogP contribution in [0.3, 0.4) is 0 Å². The molecule has 0 aliphatic heterocycles. The Hall–Kier alpha value is -1.77. The minimum absolute atomic E-state index is 0.703. The number of fused-ring (bicyclic) bond motifs is 1. The largest absolute Gasteiger partial charge is 0.385 e. The molecule has 0 aliphatic carbocycles. The van der Waals surface area contributed by atoms with E-state index in [1.54, 1.807) is 0 Å². The molecule has 3 nitrogen and oxygen atoms in total. The molecule has 0 bridgehead atoms. The Morgan fingerprint density at radius 3 is 2.62 bits per heavy atom. The van der Waals surface area contributed by atoms with Crippen LogP contribution in [0.5, 0.6) is 0 Å². The Morgan fingerprint density at radius 1 is 1.23 bits per heavy atom. The molecule has 2 aromatic rings. The summed E-state index contributed by atoms with van der Waals surface area (Å²) in [4.78, 5) is 3.01. The maximum atomic E-state index is 5.80. The highest BCUT2D eigenvalue weighted by molar-refractivity contribution is 5.97. The molecule has 0 aliphatic rings. The van der Waals surface area contributed by atoms with Crippen molar-refractivity contribution in [3.05, 3.63) is 30.5 Å². The number of aromatic amines is 1. The highest BCUT2D eigenvalue weighted by Crippen LogP contribution is 2.23. The Labute approximate surface area is 76.6 Å². The zero-order chi connectivity index (χ0) is 9.26. The fraction of sp³-hybridized carbons (Fsp3) is 0.100. The van der Waals surface area contributed by atoms with Gasteiger partial charge in [0.2, 0.25) is 0 Å². The minimum atomic E-state index is 0.703. The van der Waals surface area contributed by atoms with E-state index in [0.717, 1.165) is 16.5 Å². The first-order valence-corrected chi connectivity index (χ1v) is 4.19. The number of rotatable bonds is 1. The topological polar surface area (TPSA) is 52.2 Å². The van der Waals surface area contributed by atoms with Crippen LogP contribution in [-0.4, -0.2) is 7.05 Å². The number of hydrogen-bond acceptors (Lipinski definition) is 2. The van der Waals surface area contributed by atoms with Crippen molar-refractivity contribution in [3.63, 3.8) is 0 Å². The van der Waals surface area contributed by atoms with Gasteiger partial charge in [0.05, 0.1) is 11.1 Å². The Bertz CT molecular complexity index is 437. The third-order valence-corrected chi connectivity index (χ3v) is 2.15. The van der Waals surface area contributed by atoms with Gasteiger partial charge in [-0.15, -0.1) is 0 Å². The van der Waals surface area contributed by atoms with E-state index in [2.05, 4.69) is 10.3 Å². The van der Waals surface area contributed by atoms with E-state index in [0.29, 0.717) is 5.82 Å². The number of hydrogen-bond donors (Lipinski definition) is 2. The number of anilines is 2. The summed E-state index contributed by atoms with van der Waals surface area (Å²) in [6.45, 7) is 0. The quantitative estimate of drug-likeness (QED) is 0.684. The van der Waals surface area contributed by atoms with Crippen LogP contribution in [0.25, 0.3) is 10.8 Å². The lowest BCUT2D eigenvalue weighted by Gasteiger charge is -2.03. The molecule has 2 rings (SSSR count). The number of nitrogen functional groups attached to an aromatic ring is 1. The molecule has 0 fully saturated rings. The van der Waals surface area contributed by atoms with Crippen molar-refractivity contribution in [3.8, 4) is 0 Å². The van der Waals surface area contributed by atoms with E-state index in [9.17, 15) is 0 Å². The highest BCUT2D eigenvalue weighted by Gasteiger charge is 2.05. The van der Waals surface area contributed by atoms with Crippen molar-refractivity contribution in [2.45, 2.75) is 0 Å². The third kappa shape index (κ3) is 1.18. The van der Waals surface area contributed by atoms with Crippen molar-refractivity contribution in [2.24, 2.45) is 0 Å². The summed E-state index contributed by atoms with van der Waals surface area (Å²) in [5.41, 5.74) is 6.86. The lowest BCUT2D eigenvalue weighted by Crippen LogP contribution is -2.11. The Morgan fingerprint density at radius 2 is 1.92 bits per heavy atom. The maximum Gasteiger partial charge on any atom is 0.278 e. The average Bonchev–Trinajstić information content (AvgIpc) is 2.19. The highest BCUT2D eigenvalue weighted by atomic mass is 14.9. The molecule has 4 N–H and O–H groups in total. The molecular weight excluding hydrogens is 162 g/mol. The number of nitrogens with one attached hydrogen (secondary N) is 2. The zero-order valence-corrected chi connectivity index (χ0v) is 7.46. The molecule has 0 radical (unpaired) electrons. The predicted molar refractivity (Wildman–Crippen MR) is 54.5 cm³/mol. The van der Waals surface area contributed by atoms with Crippen LogP contribution in [0.4, 0.5) is 11.5 Å². The van der Waals surface area contributed by atoms with Gasteiger partial charge in [-0.1, -0.05) is 18.2 Å². The Kier molecular flexibility index (Phi) is 1.77. The maximum absolute atomic E-state index is 5.80. The monoisotopic (exact) mass is 174 g/mol. The minimum Gasteiger partial charge on any atom is -0.385 e. The van der Waals surface area contributed by atoms with E-state index in [1.807, 2.05) is 37.5 Å². The number of nitrogens with two attached hydrogens (primary N) is 1. The lowest BCUT2D eigenvalue weighted by molar-refractivity contribution is -0.357. The van der Waals surface area contributed by atoms with Gasteiger partial charge in [-0.25, -0.2) is 4.98 Å². The van der Waals surface area contributed by atoms with E-state index in [-0.39, 0.29) is 0 Å². The molecule has 1 aromatic heterocycles. The van der Waals surface area contributed by atoms with Crippen molar-refractivity contribution in [1.29, 1.82) is 0 Å². The van der Waals surface area contributed by atoms with Crippen LogP contribution in [0.1, 0.15) is 0 Å². The van der Waals surface area contributed by atoms with Gasteiger partial charge in [-0.3, -0.25) is 5.73 Å². The zero-order valence-electron chi connectivity index (χ0n) is 7.46. The number of aromatic nitrogens is 1. The van der Waals surface area contributed by atoms with Gasteiger partial charge in [0.1, 0.15) is 6.20 Å². The molecule has 0 amide bonds. The average molecular weight is 174 g/mol. The first-order chi connectivity index (χ1) is 6.33. The number of pyridine rings is 1. The molecule has 3 heteroatoms. The first-order valence-electron chi connectivity index (χ1n) is 4.19. The van der Waals surface area contributed by atoms with Crippen LogP contribution in [0.2, 0.25) is 0 Å². The summed E-state index contributed by atoms with van der Waals surface area (Å²) in [5.74, 6) is 0.703. The molecule has 0 unspecified atom stereocenters. The SMILES string of the molecule is CNc1c[nH+]c(N)c2ccccc12. The molecule has 13 heavy (non-hydrogen) atoms. The summed E-state index contributed by atoms with van der Waals surface area (Å²) in [6, 6.07) is 8.03. The van der Waals surface area contributed by atoms with Gasteiger partial charge in [0, 0.05) is 12.4 Å². The molecule has 0 spiro atoms. The van der Waals surface area contributed by atoms with E-state index in [4.69, 9.17) is 5.73 Å². The van der Waals surface area contributed by atoms with Gasteiger partial charge in [-0.2, -0.15) is 0 Å². The van der Waals surface area contributed by atoms with Crippen molar-refractivity contribution in [2.75, 3.05) is 18.1 Å². The summed E-state index contributed by atoms with van der Waals surface area (Å²) in [5, 5.41) is 5.30. The standard InChI is InChI=1S/C10H11N3/c1-12-9-6-13-10(11)8-5-3-2-4-7(8)9/h2-6,12H,1H3,(H2,11,13)/p+1. The second kappa shape index (κ2) is 2.94. The smallest absolute Gasteiger partial charge is 0.278 e. The summed E-state index contributed by atoms with van der Waals surface area (Å²) in [6.07, 6.45) is 1.87. The number of benzene rings is 1. The van der Waals surface area contributed by atoms with Gasteiger partial charge < -0.3 is 5.32 Å². The van der Waals surface area contributed by atoms with E-state index >= 15 is 0 Å². The van der Waals surface area contributed by atoms with Crippen LogP contribution in [0, 0.1) is 0 Å². The molecule has 0 atom stereocenters. The lowest BCUT2D eigenvalue weighted by atomic mass is 10.1. The third-order valence-electron chi connectivity index (χ3n) is 2.15. The first kappa shape index (κ1) is 7.86. The van der Waals surface area contributed by atoms with Gasteiger partial charge in [-0.05, 0) is 6.07 Å².